The summed E-state index contributed by atoms with van der Waals surface area (Å²) >= 11 is 10.1. The van der Waals surface area contributed by atoms with Crippen molar-refractivity contribution in [3.8, 4) is 6.07 Å². The number of halogens is 2. The van der Waals surface area contributed by atoms with Gasteiger partial charge in [-0.3, -0.25) is 4.57 Å². The highest BCUT2D eigenvalue weighted by atomic mass is 35.9. The van der Waals surface area contributed by atoms with Crippen LogP contribution in [0.1, 0.15) is 6.42 Å². The molecule has 52 valence electrons. The second kappa shape index (κ2) is 4.14. The summed E-state index contributed by atoms with van der Waals surface area (Å²) in [5.74, 6) is -3.15. The van der Waals surface area contributed by atoms with Gasteiger partial charge in [0.15, 0.2) is 0 Å². The van der Waals surface area contributed by atoms with Crippen molar-refractivity contribution in [2.24, 2.45) is 0 Å². The van der Waals surface area contributed by atoms with Crippen LogP contribution in [-0.4, -0.2) is 6.54 Å². The summed E-state index contributed by atoms with van der Waals surface area (Å²) in [6.45, 7) is 0.265. The van der Waals surface area contributed by atoms with E-state index >= 15 is 0 Å². The molecule has 0 aromatic rings. The largest absolute Gasteiger partial charge is 0.319 e. The topological polar surface area (TPSA) is 52.9 Å². The lowest BCUT2D eigenvalue weighted by atomic mass is 10.5. The molecule has 0 atom stereocenters. The molecule has 0 aliphatic carbocycles. The Morgan fingerprint density at radius 2 is 2.22 bits per heavy atom. The first-order valence-corrected chi connectivity index (χ1v) is 5.69. The van der Waals surface area contributed by atoms with Crippen LogP contribution in [0.25, 0.3) is 0 Å². The second-order valence-corrected chi connectivity index (χ2v) is 5.89. The van der Waals surface area contributed by atoms with Crippen LogP contribution in [0.5, 0.6) is 0 Å². The smallest absolute Gasteiger partial charge is 0.271 e. The Labute approximate surface area is 62.9 Å². The van der Waals surface area contributed by atoms with Crippen molar-refractivity contribution in [3.63, 3.8) is 0 Å². The number of rotatable bonds is 3. The molecular formula is C3H5Cl2N2OP. The Bertz CT molecular complexity index is 160. The van der Waals surface area contributed by atoms with Crippen LogP contribution in [0, 0.1) is 11.3 Å². The molecule has 0 saturated carbocycles. The lowest BCUT2D eigenvalue weighted by molar-refractivity contribution is 0.585. The van der Waals surface area contributed by atoms with Crippen LogP contribution in [0.3, 0.4) is 0 Å². The molecule has 1 N–H and O–H groups in total. The summed E-state index contributed by atoms with van der Waals surface area (Å²) in [6, 6.07) is 1.84. The fraction of sp³-hybridized carbons (Fsp3) is 0.667. The molecule has 0 aromatic carbocycles. The zero-order chi connectivity index (χ0) is 7.33. The van der Waals surface area contributed by atoms with E-state index in [1.165, 1.54) is 0 Å². The van der Waals surface area contributed by atoms with Crippen LogP contribution in [0.15, 0.2) is 0 Å². The van der Waals surface area contributed by atoms with Crippen LogP contribution >= 0.6 is 28.5 Å². The second-order valence-electron chi connectivity index (χ2n) is 1.28. The zero-order valence-corrected chi connectivity index (χ0v) is 6.88. The van der Waals surface area contributed by atoms with Crippen molar-refractivity contribution in [1.82, 2.24) is 5.09 Å². The summed E-state index contributed by atoms with van der Waals surface area (Å²) < 4.78 is 10.4. The van der Waals surface area contributed by atoms with E-state index in [1.807, 2.05) is 6.07 Å². The number of hydrogen-bond donors (Lipinski definition) is 1. The standard InChI is InChI=1S/C3H5Cl2N2OP/c4-9(5,8)7-3-1-2-6/h1,3H2,(H,7,8). The first kappa shape index (κ1) is 9.26. The Morgan fingerprint density at radius 1 is 1.67 bits per heavy atom. The van der Waals surface area contributed by atoms with Crippen molar-refractivity contribution in [3.05, 3.63) is 0 Å². The van der Waals surface area contributed by atoms with Crippen molar-refractivity contribution in [1.29, 1.82) is 5.26 Å². The van der Waals surface area contributed by atoms with Gasteiger partial charge in [-0.25, -0.2) is 5.09 Å². The third-order valence-corrected chi connectivity index (χ3v) is 1.84. The zero-order valence-electron chi connectivity index (χ0n) is 4.47. The maximum Gasteiger partial charge on any atom is 0.319 e. The van der Waals surface area contributed by atoms with Gasteiger partial charge in [-0.05, 0) is 22.5 Å². The minimum absolute atomic E-state index is 0.253. The molecule has 3 nitrogen and oxygen atoms in total. The summed E-state index contributed by atoms with van der Waals surface area (Å²) in [5.41, 5.74) is 0. The van der Waals surface area contributed by atoms with E-state index in [4.69, 9.17) is 27.7 Å². The molecule has 0 aliphatic rings. The molecule has 0 amide bonds. The highest BCUT2D eigenvalue weighted by Crippen LogP contribution is 2.51. The normalized spacial score (nSPS) is 10.8. The highest BCUT2D eigenvalue weighted by Gasteiger charge is 2.10. The Morgan fingerprint density at radius 3 is 2.56 bits per heavy atom. The molecule has 0 saturated heterocycles. The Hall–Kier alpha value is 0.260. The summed E-state index contributed by atoms with van der Waals surface area (Å²) in [6.07, 6.45) is 0.253. The first-order valence-electron chi connectivity index (χ1n) is 2.17. The number of nitriles is 1. The molecule has 0 fully saturated rings. The fourth-order valence-corrected chi connectivity index (χ4v) is 1.12. The van der Waals surface area contributed by atoms with Gasteiger partial charge in [0.25, 0.3) is 0 Å². The van der Waals surface area contributed by atoms with Gasteiger partial charge in [0.1, 0.15) is 0 Å². The van der Waals surface area contributed by atoms with Gasteiger partial charge in [0.05, 0.1) is 6.07 Å². The van der Waals surface area contributed by atoms with Crippen LogP contribution in [0.4, 0.5) is 0 Å². The van der Waals surface area contributed by atoms with Crippen molar-refractivity contribution in [2.45, 2.75) is 6.42 Å². The third-order valence-electron chi connectivity index (χ3n) is 0.533. The summed E-state index contributed by atoms with van der Waals surface area (Å²) in [4.78, 5) is 0. The molecule has 0 rings (SSSR count). The van der Waals surface area contributed by atoms with Gasteiger partial charge in [-0.2, -0.15) is 5.26 Å². The molecule has 0 aromatic heterocycles. The lowest BCUT2D eigenvalue weighted by Crippen LogP contribution is -2.04. The van der Waals surface area contributed by atoms with E-state index < -0.39 is 6.00 Å². The number of nitrogens with one attached hydrogen (secondary N) is 1. The van der Waals surface area contributed by atoms with Gasteiger partial charge >= 0.3 is 6.00 Å². The monoisotopic (exact) mass is 186 g/mol. The minimum Gasteiger partial charge on any atom is -0.271 e. The number of hydrogen-bond acceptors (Lipinski definition) is 2. The average Bonchev–Trinajstić information content (AvgIpc) is 1.63. The van der Waals surface area contributed by atoms with Gasteiger partial charge in [-0.15, -0.1) is 0 Å². The summed E-state index contributed by atoms with van der Waals surface area (Å²) in [7, 11) is 0. The van der Waals surface area contributed by atoms with Crippen LogP contribution < -0.4 is 5.09 Å². The molecular weight excluding hydrogens is 182 g/mol. The van der Waals surface area contributed by atoms with E-state index in [1.54, 1.807) is 0 Å². The average molecular weight is 187 g/mol. The predicted octanol–water partition coefficient (Wildman–Crippen LogP) is 2.08. The molecule has 0 aliphatic heterocycles. The quantitative estimate of drug-likeness (QED) is 0.543. The van der Waals surface area contributed by atoms with Gasteiger partial charge in [0.2, 0.25) is 0 Å². The van der Waals surface area contributed by atoms with Gasteiger partial charge in [0, 0.05) is 13.0 Å². The van der Waals surface area contributed by atoms with Gasteiger partial charge < -0.3 is 0 Å². The molecule has 0 spiro atoms. The molecule has 0 unspecified atom stereocenters. The predicted molar refractivity (Wildman–Crippen MR) is 37.5 cm³/mol. The van der Waals surface area contributed by atoms with E-state index in [0.717, 1.165) is 0 Å². The van der Waals surface area contributed by atoms with Crippen molar-refractivity contribution in [2.75, 3.05) is 6.54 Å². The molecule has 6 heteroatoms. The molecule has 0 radical (unpaired) electrons. The Kier molecular flexibility index (Phi) is 4.26. The van der Waals surface area contributed by atoms with E-state index in [-0.39, 0.29) is 13.0 Å². The van der Waals surface area contributed by atoms with E-state index in [9.17, 15) is 4.57 Å². The van der Waals surface area contributed by atoms with E-state index in [0.29, 0.717) is 0 Å². The maximum absolute atomic E-state index is 10.4. The fourth-order valence-electron chi connectivity index (χ4n) is 0.242. The molecule has 0 bridgehead atoms. The Balaban J connectivity index is 3.32. The van der Waals surface area contributed by atoms with Gasteiger partial charge in [-0.1, -0.05) is 0 Å². The maximum atomic E-state index is 10.4. The molecule has 9 heavy (non-hydrogen) atoms. The highest BCUT2D eigenvalue weighted by molar-refractivity contribution is 8.07. The van der Waals surface area contributed by atoms with Crippen LogP contribution in [-0.2, 0) is 4.57 Å². The number of nitrogens with zero attached hydrogens (tertiary/aromatic N) is 1. The minimum atomic E-state index is -3.15. The van der Waals surface area contributed by atoms with Crippen molar-refractivity contribution >= 4 is 28.5 Å². The third kappa shape index (κ3) is 8.26. The van der Waals surface area contributed by atoms with Crippen LogP contribution in [0.2, 0.25) is 0 Å². The van der Waals surface area contributed by atoms with Crippen molar-refractivity contribution < 1.29 is 4.57 Å². The van der Waals surface area contributed by atoms with E-state index in [2.05, 4.69) is 5.09 Å². The lowest BCUT2D eigenvalue weighted by Gasteiger charge is -1.99. The SMILES string of the molecule is N#CCCNP(=O)(Cl)Cl. The summed E-state index contributed by atoms with van der Waals surface area (Å²) in [5, 5.41) is 10.3. The first-order chi connectivity index (χ1) is 4.06. The molecule has 0 heterocycles.